The molecule has 126 valence electrons. The number of aromatic amines is 1. The van der Waals surface area contributed by atoms with Crippen molar-refractivity contribution in [3.8, 4) is 34.3 Å². The summed E-state index contributed by atoms with van der Waals surface area (Å²) in [4.78, 5) is 8.44. The van der Waals surface area contributed by atoms with E-state index < -0.39 is 0 Å². The predicted octanol–water partition coefficient (Wildman–Crippen LogP) is 3.75. The Morgan fingerprint density at radius 2 is 2.04 bits per heavy atom. The van der Waals surface area contributed by atoms with Gasteiger partial charge in [-0.15, -0.1) is 0 Å². The van der Waals surface area contributed by atoms with Crippen molar-refractivity contribution < 1.29 is 4.74 Å². The Morgan fingerprint density at radius 3 is 2.68 bits per heavy atom. The molecule has 0 amide bonds. The quantitative estimate of drug-likeness (QED) is 0.768. The SMILES string of the molecule is Cc1cc(-c2cc(-c3ncn[nH]3)cc(C#N)c2OCC(C)C)ccn1. The molecule has 6 heteroatoms. The minimum Gasteiger partial charge on any atom is -0.491 e. The van der Waals surface area contributed by atoms with Gasteiger partial charge in [-0.2, -0.15) is 10.4 Å². The molecule has 0 radical (unpaired) electrons. The summed E-state index contributed by atoms with van der Waals surface area (Å²) in [6.07, 6.45) is 3.20. The van der Waals surface area contributed by atoms with Gasteiger partial charge in [-0.25, -0.2) is 4.98 Å². The minimum absolute atomic E-state index is 0.354. The van der Waals surface area contributed by atoms with Gasteiger partial charge in [0.2, 0.25) is 0 Å². The first kappa shape index (κ1) is 16.7. The van der Waals surface area contributed by atoms with Crippen LogP contribution < -0.4 is 4.74 Å². The third kappa shape index (κ3) is 3.66. The van der Waals surface area contributed by atoms with Crippen molar-refractivity contribution in [1.82, 2.24) is 20.2 Å². The Bertz CT molecular complexity index is 910. The van der Waals surface area contributed by atoms with Gasteiger partial charge >= 0.3 is 0 Å². The molecular weight excluding hydrogens is 314 g/mol. The predicted molar refractivity (Wildman–Crippen MR) is 94.8 cm³/mol. The maximum Gasteiger partial charge on any atom is 0.155 e. The molecule has 0 saturated carbocycles. The van der Waals surface area contributed by atoms with E-state index in [0.717, 1.165) is 22.4 Å². The average Bonchev–Trinajstić information content (AvgIpc) is 3.13. The van der Waals surface area contributed by atoms with Crippen molar-refractivity contribution in [3.05, 3.63) is 48.0 Å². The third-order valence-corrected chi connectivity index (χ3v) is 3.67. The highest BCUT2D eigenvalue weighted by Crippen LogP contribution is 2.37. The van der Waals surface area contributed by atoms with Crippen molar-refractivity contribution >= 4 is 0 Å². The van der Waals surface area contributed by atoms with E-state index in [9.17, 15) is 5.26 Å². The number of hydrogen-bond acceptors (Lipinski definition) is 5. The highest BCUT2D eigenvalue weighted by molar-refractivity contribution is 5.79. The van der Waals surface area contributed by atoms with E-state index in [0.29, 0.717) is 29.7 Å². The standard InChI is InChI=1S/C19H19N5O/c1-12(2)10-25-18-16(9-20)7-15(19-22-11-23-24-19)8-17(18)14-4-5-21-13(3)6-14/h4-8,11-12H,10H2,1-3H3,(H,22,23,24). The number of aromatic nitrogens is 4. The lowest BCUT2D eigenvalue weighted by molar-refractivity contribution is 0.271. The lowest BCUT2D eigenvalue weighted by Gasteiger charge is -2.16. The number of nitrogens with zero attached hydrogens (tertiary/aromatic N) is 4. The molecule has 2 aromatic heterocycles. The number of nitrogens with one attached hydrogen (secondary N) is 1. The number of aryl methyl sites for hydroxylation is 1. The molecule has 1 N–H and O–H groups in total. The van der Waals surface area contributed by atoms with Crippen molar-refractivity contribution in [3.63, 3.8) is 0 Å². The van der Waals surface area contributed by atoms with Crippen molar-refractivity contribution in [2.45, 2.75) is 20.8 Å². The molecule has 6 nitrogen and oxygen atoms in total. The molecule has 3 rings (SSSR count). The highest BCUT2D eigenvalue weighted by Gasteiger charge is 2.17. The van der Waals surface area contributed by atoms with Gasteiger partial charge in [0.1, 0.15) is 18.1 Å². The second-order valence-corrected chi connectivity index (χ2v) is 6.24. The molecule has 1 aromatic carbocycles. The first-order chi connectivity index (χ1) is 12.1. The van der Waals surface area contributed by atoms with Crippen molar-refractivity contribution in [2.75, 3.05) is 6.61 Å². The van der Waals surface area contributed by atoms with E-state index in [2.05, 4.69) is 40.1 Å². The van der Waals surface area contributed by atoms with E-state index in [1.807, 2.05) is 25.1 Å². The summed E-state index contributed by atoms with van der Waals surface area (Å²) in [5, 5.41) is 16.4. The lowest BCUT2D eigenvalue weighted by atomic mass is 9.98. The van der Waals surface area contributed by atoms with Gasteiger partial charge in [0.15, 0.2) is 5.82 Å². The Balaban J connectivity index is 2.20. The number of H-pyrrole nitrogens is 1. The van der Waals surface area contributed by atoms with Crippen LogP contribution >= 0.6 is 0 Å². The maximum atomic E-state index is 9.64. The molecule has 2 heterocycles. The topological polar surface area (TPSA) is 87.5 Å². The molecule has 0 fully saturated rings. The highest BCUT2D eigenvalue weighted by atomic mass is 16.5. The Labute approximate surface area is 146 Å². The summed E-state index contributed by atoms with van der Waals surface area (Å²) in [5.41, 5.74) is 3.95. The van der Waals surface area contributed by atoms with Crippen LogP contribution in [0.2, 0.25) is 0 Å². The molecule has 0 saturated heterocycles. The monoisotopic (exact) mass is 333 g/mol. The van der Waals surface area contributed by atoms with Gasteiger partial charge in [0.25, 0.3) is 0 Å². The van der Waals surface area contributed by atoms with Crippen LogP contribution in [0.5, 0.6) is 5.75 Å². The number of hydrogen-bond donors (Lipinski definition) is 1. The molecule has 3 aromatic rings. The summed E-state index contributed by atoms with van der Waals surface area (Å²) in [6.45, 7) is 6.62. The zero-order valence-electron chi connectivity index (χ0n) is 14.4. The Kier molecular flexibility index (Phi) is 4.75. The van der Waals surface area contributed by atoms with Crippen LogP contribution in [0.3, 0.4) is 0 Å². The number of rotatable bonds is 5. The van der Waals surface area contributed by atoms with E-state index >= 15 is 0 Å². The molecule has 0 aliphatic rings. The van der Waals surface area contributed by atoms with Crippen LogP contribution in [0.15, 0.2) is 36.8 Å². The lowest BCUT2D eigenvalue weighted by Crippen LogP contribution is -2.07. The largest absolute Gasteiger partial charge is 0.491 e. The number of pyridine rings is 1. The van der Waals surface area contributed by atoms with Crippen LogP contribution in [0.4, 0.5) is 0 Å². The van der Waals surface area contributed by atoms with E-state index in [1.165, 1.54) is 6.33 Å². The first-order valence-electron chi connectivity index (χ1n) is 8.08. The van der Waals surface area contributed by atoms with Crippen LogP contribution in [-0.4, -0.2) is 26.8 Å². The second kappa shape index (κ2) is 7.14. The molecule has 0 aliphatic heterocycles. The van der Waals surface area contributed by atoms with Gasteiger partial charge < -0.3 is 4.74 Å². The van der Waals surface area contributed by atoms with Crippen LogP contribution in [-0.2, 0) is 0 Å². The molecule has 0 bridgehead atoms. The van der Waals surface area contributed by atoms with E-state index in [-0.39, 0.29) is 0 Å². The summed E-state index contributed by atoms with van der Waals surface area (Å²) >= 11 is 0. The van der Waals surface area contributed by atoms with E-state index in [1.54, 1.807) is 12.3 Å². The van der Waals surface area contributed by atoms with Gasteiger partial charge in [0.05, 0.1) is 12.2 Å². The Morgan fingerprint density at radius 1 is 1.20 bits per heavy atom. The van der Waals surface area contributed by atoms with Crippen LogP contribution in [0.1, 0.15) is 25.1 Å². The fraction of sp³-hybridized carbons (Fsp3) is 0.263. The van der Waals surface area contributed by atoms with Gasteiger partial charge in [-0.1, -0.05) is 13.8 Å². The smallest absolute Gasteiger partial charge is 0.155 e. The molecule has 0 unspecified atom stereocenters. The molecule has 25 heavy (non-hydrogen) atoms. The zero-order chi connectivity index (χ0) is 17.8. The fourth-order valence-electron chi connectivity index (χ4n) is 2.53. The number of benzene rings is 1. The van der Waals surface area contributed by atoms with Crippen molar-refractivity contribution in [2.24, 2.45) is 5.92 Å². The normalized spacial score (nSPS) is 10.7. The van der Waals surface area contributed by atoms with Gasteiger partial charge in [-0.3, -0.25) is 10.1 Å². The Hall–Kier alpha value is -3.20. The second-order valence-electron chi connectivity index (χ2n) is 6.24. The van der Waals surface area contributed by atoms with Crippen LogP contribution in [0, 0.1) is 24.2 Å². The average molecular weight is 333 g/mol. The van der Waals surface area contributed by atoms with Gasteiger partial charge in [0, 0.05) is 23.0 Å². The molecule has 0 aliphatic carbocycles. The number of nitriles is 1. The van der Waals surface area contributed by atoms with Gasteiger partial charge in [-0.05, 0) is 42.7 Å². The molecular formula is C19H19N5O. The molecule has 0 atom stereocenters. The zero-order valence-corrected chi connectivity index (χ0v) is 14.4. The summed E-state index contributed by atoms with van der Waals surface area (Å²) in [6, 6.07) is 9.87. The van der Waals surface area contributed by atoms with Crippen molar-refractivity contribution in [1.29, 1.82) is 5.26 Å². The van der Waals surface area contributed by atoms with E-state index in [4.69, 9.17) is 4.74 Å². The van der Waals surface area contributed by atoms with Crippen LogP contribution in [0.25, 0.3) is 22.5 Å². The fourth-order valence-corrected chi connectivity index (χ4v) is 2.53. The third-order valence-electron chi connectivity index (χ3n) is 3.67. The summed E-state index contributed by atoms with van der Waals surface area (Å²) < 4.78 is 6.00. The number of ether oxygens (including phenoxy) is 1. The maximum absolute atomic E-state index is 9.64. The summed E-state index contributed by atoms with van der Waals surface area (Å²) in [7, 11) is 0. The first-order valence-corrected chi connectivity index (χ1v) is 8.08. The summed E-state index contributed by atoms with van der Waals surface area (Å²) in [5.74, 6) is 1.55. The molecule has 0 spiro atoms. The minimum atomic E-state index is 0.354.